The number of halogens is 3. The quantitative estimate of drug-likeness (QED) is 0.535. The number of carboxylic acid groups (broad SMARTS) is 1. The van der Waals surface area contributed by atoms with Gasteiger partial charge in [-0.3, -0.25) is 29.4 Å². The van der Waals surface area contributed by atoms with Gasteiger partial charge in [-0.15, -0.1) is 0 Å². The van der Waals surface area contributed by atoms with Crippen molar-refractivity contribution in [3.8, 4) is 0 Å². The summed E-state index contributed by atoms with van der Waals surface area (Å²) in [4.78, 5) is 60.8. The lowest BCUT2D eigenvalue weighted by Gasteiger charge is -2.29. The van der Waals surface area contributed by atoms with Crippen molar-refractivity contribution in [2.45, 2.75) is 25.1 Å². The number of imide groups is 2. The van der Waals surface area contributed by atoms with Gasteiger partial charge in [0.05, 0.1) is 11.1 Å². The van der Waals surface area contributed by atoms with E-state index in [-0.39, 0.29) is 18.7 Å². The predicted octanol–water partition coefficient (Wildman–Crippen LogP) is 0.131. The minimum atomic E-state index is -5.08. The first kappa shape index (κ1) is 23.2. The molecule has 0 aliphatic carbocycles. The monoisotopic (exact) mass is 456 g/mol. The molecule has 13 heteroatoms. The standard InChI is InChI=1S/C17H18N4O4.C2HF3O2/c22-14-4-3-13(15(23)19-14)21-16(24)11-2-1-10(9-12(11)17(21)25)20-7-5-18-6-8-20;3-2(4,5)1(6)7/h1-2,9,13,18H,3-8H2,(H,19,22,23);(H,6,7). The molecule has 2 fully saturated rings. The van der Waals surface area contributed by atoms with Crippen molar-refractivity contribution in [2.24, 2.45) is 0 Å². The van der Waals surface area contributed by atoms with Gasteiger partial charge >= 0.3 is 12.1 Å². The van der Waals surface area contributed by atoms with E-state index < -0.39 is 35.9 Å². The Hall–Kier alpha value is -3.48. The maximum Gasteiger partial charge on any atom is 0.490 e. The molecule has 3 aliphatic heterocycles. The molecule has 1 atom stereocenters. The smallest absolute Gasteiger partial charge is 0.475 e. The number of piperidine rings is 1. The molecule has 0 aromatic heterocycles. The molecule has 3 heterocycles. The number of nitrogens with zero attached hydrogens (tertiary/aromatic N) is 2. The van der Waals surface area contributed by atoms with E-state index in [0.29, 0.717) is 11.1 Å². The van der Waals surface area contributed by atoms with Crippen LogP contribution in [0, 0.1) is 0 Å². The second-order valence-corrected chi connectivity index (χ2v) is 7.22. The molecule has 1 unspecified atom stereocenters. The molecular weight excluding hydrogens is 437 g/mol. The van der Waals surface area contributed by atoms with Gasteiger partial charge < -0.3 is 15.3 Å². The average molecular weight is 456 g/mol. The Labute approximate surface area is 179 Å². The molecule has 0 radical (unpaired) electrons. The molecule has 0 saturated carbocycles. The lowest BCUT2D eigenvalue weighted by Crippen LogP contribution is -2.54. The predicted molar refractivity (Wildman–Crippen MR) is 102 cm³/mol. The molecular formula is C19H19F3N4O6. The van der Waals surface area contributed by atoms with Crippen LogP contribution < -0.4 is 15.5 Å². The molecule has 4 amide bonds. The maximum atomic E-state index is 12.8. The number of aliphatic carboxylic acids is 1. The molecule has 4 rings (SSSR count). The Morgan fingerprint density at radius 1 is 1.03 bits per heavy atom. The van der Waals surface area contributed by atoms with Gasteiger partial charge in [-0.2, -0.15) is 13.2 Å². The van der Waals surface area contributed by atoms with Crippen molar-refractivity contribution in [1.29, 1.82) is 0 Å². The van der Waals surface area contributed by atoms with E-state index in [1.165, 1.54) is 0 Å². The number of anilines is 1. The highest BCUT2D eigenvalue weighted by Crippen LogP contribution is 2.30. The van der Waals surface area contributed by atoms with Crippen LogP contribution >= 0.6 is 0 Å². The molecule has 1 aromatic carbocycles. The van der Waals surface area contributed by atoms with Crippen LogP contribution in [0.4, 0.5) is 18.9 Å². The molecule has 1 aromatic rings. The molecule has 10 nitrogen and oxygen atoms in total. The molecule has 172 valence electrons. The number of carbonyl (C=O) groups is 5. The van der Waals surface area contributed by atoms with Gasteiger partial charge in [-0.1, -0.05) is 0 Å². The molecule has 0 spiro atoms. The minimum absolute atomic E-state index is 0.121. The fraction of sp³-hybridized carbons (Fsp3) is 0.421. The van der Waals surface area contributed by atoms with E-state index in [1.54, 1.807) is 12.1 Å². The number of hydrogen-bond acceptors (Lipinski definition) is 7. The van der Waals surface area contributed by atoms with Crippen LogP contribution in [-0.4, -0.2) is 78.0 Å². The van der Waals surface area contributed by atoms with E-state index in [9.17, 15) is 32.3 Å². The number of piperazine rings is 1. The number of fused-ring (bicyclic) bond motifs is 1. The molecule has 32 heavy (non-hydrogen) atoms. The average Bonchev–Trinajstić information content (AvgIpc) is 2.98. The van der Waals surface area contributed by atoms with Crippen LogP contribution in [0.3, 0.4) is 0 Å². The lowest BCUT2D eigenvalue weighted by atomic mass is 10.0. The summed E-state index contributed by atoms with van der Waals surface area (Å²) in [7, 11) is 0. The number of carbonyl (C=O) groups excluding carboxylic acids is 4. The van der Waals surface area contributed by atoms with E-state index in [4.69, 9.17) is 9.90 Å². The van der Waals surface area contributed by atoms with Crippen LogP contribution in [0.5, 0.6) is 0 Å². The van der Waals surface area contributed by atoms with Gasteiger partial charge in [0.25, 0.3) is 11.8 Å². The Balaban J connectivity index is 0.000000360. The number of benzene rings is 1. The maximum absolute atomic E-state index is 12.8. The normalized spacial score (nSPS) is 21.0. The second-order valence-electron chi connectivity index (χ2n) is 7.22. The van der Waals surface area contributed by atoms with E-state index >= 15 is 0 Å². The number of rotatable bonds is 2. The van der Waals surface area contributed by atoms with Gasteiger partial charge in [0.2, 0.25) is 11.8 Å². The third-order valence-corrected chi connectivity index (χ3v) is 5.15. The minimum Gasteiger partial charge on any atom is -0.475 e. The Morgan fingerprint density at radius 3 is 2.19 bits per heavy atom. The SMILES string of the molecule is O=C(O)C(F)(F)F.O=C1CCC(N2C(=O)c3ccc(N4CCNCC4)cc3C2=O)C(=O)N1. The number of hydrogen-bond donors (Lipinski definition) is 3. The first-order valence-corrected chi connectivity index (χ1v) is 9.62. The summed E-state index contributed by atoms with van der Waals surface area (Å²) in [5, 5.41) is 12.6. The Bertz CT molecular complexity index is 974. The number of alkyl halides is 3. The molecule has 2 saturated heterocycles. The Kier molecular flexibility index (Phi) is 6.48. The van der Waals surface area contributed by atoms with E-state index in [1.807, 2.05) is 6.07 Å². The topological polar surface area (TPSA) is 136 Å². The van der Waals surface area contributed by atoms with Crippen molar-refractivity contribution in [3.63, 3.8) is 0 Å². The summed E-state index contributed by atoms with van der Waals surface area (Å²) in [6.07, 6.45) is -4.80. The van der Waals surface area contributed by atoms with Gasteiger partial charge in [0.1, 0.15) is 6.04 Å². The van der Waals surface area contributed by atoms with Gasteiger partial charge in [-0.05, 0) is 24.6 Å². The third kappa shape index (κ3) is 4.72. The summed E-state index contributed by atoms with van der Waals surface area (Å²) in [6, 6.07) is 4.29. The van der Waals surface area contributed by atoms with Crippen molar-refractivity contribution in [3.05, 3.63) is 29.3 Å². The highest BCUT2D eigenvalue weighted by molar-refractivity contribution is 6.23. The van der Waals surface area contributed by atoms with Crippen molar-refractivity contribution < 1.29 is 42.3 Å². The molecule has 3 N–H and O–H groups in total. The van der Waals surface area contributed by atoms with Crippen LogP contribution in [0.25, 0.3) is 0 Å². The Morgan fingerprint density at radius 2 is 1.62 bits per heavy atom. The van der Waals surface area contributed by atoms with Gasteiger partial charge in [0, 0.05) is 38.3 Å². The van der Waals surface area contributed by atoms with Crippen molar-refractivity contribution in [1.82, 2.24) is 15.5 Å². The van der Waals surface area contributed by atoms with Crippen LogP contribution in [-0.2, 0) is 14.4 Å². The third-order valence-electron chi connectivity index (χ3n) is 5.15. The first-order valence-electron chi connectivity index (χ1n) is 9.62. The number of nitrogens with one attached hydrogen (secondary N) is 2. The number of amides is 4. The zero-order chi connectivity index (χ0) is 23.6. The summed E-state index contributed by atoms with van der Waals surface area (Å²) >= 11 is 0. The van der Waals surface area contributed by atoms with Crippen LogP contribution in [0.15, 0.2) is 18.2 Å². The fourth-order valence-corrected chi connectivity index (χ4v) is 3.58. The first-order chi connectivity index (χ1) is 15.0. The summed E-state index contributed by atoms with van der Waals surface area (Å²) in [5.41, 5.74) is 1.53. The highest BCUT2D eigenvalue weighted by atomic mass is 19.4. The summed E-state index contributed by atoms with van der Waals surface area (Å²) in [5.74, 6) is -4.66. The van der Waals surface area contributed by atoms with Crippen molar-refractivity contribution in [2.75, 3.05) is 31.1 Å². The van der Waals surface area contributed by atoms with E-state index in [2.05, 4.69) is 15.5 Å². The molecule has 3 aliphatic rings. The van der Waals surface area contributed by atoms with Crippen molar-refractivity contribution >= 4 is 35.3 Å². The lowest BCUT2D eigenvalue weighted by molar-refractivity contribution is -0.192. The largest absolute Gasteiger partial charge is 0.490 e. The zero-order valence-corrected chi connectivity index (χ0v) is 16.6. The highest BCUT2D eigenvalue weighted by Gasteiger charge is 2.44. The summed E-state index contributed by atoms with van der Waals surface area (Å²) in [6.45, 7) is 3.40. The zero-order valence-electron chi connectivity index (χ0n) is 16.6. The van der Waals surface area contributed by atoms with Crippen LogP contribution in [0.1, 0.15) is 33.6 Å². The number of carboxylic acids is 1. The van der Waals surface area contributed by atoms with E-state index in [0.717, 1.165) is 36.8 Å². The van der Waals surface area contributed by atoms with Gasteiger partial charge in [-0.25, -0.2) is 4.79 Å². The fourth-order valence-electron chi connectivity index (χ4n) is 3.58. The summed E-state index contributed by atoms with van der Waals surface area (Å²) < 4.78 is 31.7. The van der Waals surface area contributed by atoms with Gasteiger partial charge in [0.15, 0.2) is 0 Å². The van der Waals surface area contributed by atoms with Crippen LogP contribution in [0.2, 0.25) is 0 Å². The molecule has 0 bridgehead atoms. The second kappa shape index (κ2) is 8.94.